The molecule has 0 nitrogen and oxygen atoms in total. The zero-order chi connectivity index (χ0) is 30.0. The third kappa shape index (κ3) is 17.1. The van der Waals surface area contributed by atoms with E-state index in [1.165, 1.54) is 62.5 Å². The van der Waals surface area contributed by atoms with Crippen molar-refractivity contribution in [2.24, 2.45) is 35.0 Å². The van der Waals surface area contributed by atoms with Crippen LogP contribution in [0.15, 0.2) is 83.6 Å². The Morgan fingerprint density at radius 2 is 1.57 bits per heavy atom. The Balaban J connectivity index is 2.30. The van der Waals surface area contributed by atoms with Crippen LogP contribution in [-0.2, 0) is 0 Å². The van der Waals surface area contributed by atoms with Crippen LogP contribution >= 0.6 is 0 Å². The first-order chi connectivity index (χ1) is 18.9. The second-order valence-electron chi connectivity index (χ2n) is 14.2. The summed E-state index contributed by atoms with van der Waals surface area (Å²) in [5.74, 6) is 3.50. The van der Waals surface area contributed by atoms with Crippen molar-refractivity contribution < 1.29 is 0 Å². The first kappa shape index (κ1) is 36.2. The van der Waals surface area contributed by atoms with Crippen LogP contribution in [0.25, 0.3) is 0 Å². The molecule has 226 valence electrons. The molecule has 0 aromatic heterocycles. The molecule has 0 fully saturated rings. The Kier molecular flexibility index (Phi) is 18.2. The molecule has 0 saturated heterocycles. The predicted molar refractivity (Wildman–Crippen MR) is 184 cm³/mol. The molecule has 0 N–H and O–H groups in total. The van der Waals surface area contributed by atoms with E-state index >= 15 is 0 Å². The van der Waals surface area contributed by atoms with Crippen molar-refractivity contribution in [3.05, 3.63) is 83.6 Å². The van der Waals surface area contributed by atoms with Gasteiger partial charge in [0.15, 0.2) is 0 Å². The third-order valence-corrected chi connectivity index (χ3v) is 8.76. The first-order valence-corrected chi connectivity index (χ1v) is 16.6. The monoisotopic (exact) mass is 547 g/mol. The minimum atomic E-state index is 0.469. The molecule has 0 amide bonds. The van der Waals surface area contributed by atoms with Crippen LogP contribution in [0.5, 0.6) is 0 Å². The minimum Gasteiger partial charge on any atom is -0.0880 e. The van der Waals surface area contributed by atoms with Crippen LogP contribution in [0.3, 0.4) is 0 Å². The lowest BCUT2D eigenvalue weighted by atomic mass is 9.66. The highest BCUT2D eigenvalue weighted by Crippen LogP contribution is 2.43. The van der Waals surface area contributed by atoms with E-state index in [9.17, 15) is 0 Å². The van der Waals surface area contributed by atoms with Gasteiger partial charge in [-0.1, -0.05) is 138 Å². The average molecular weight is 547 g/mol. The molecule has 0 spiro atoms. The first-order valence-electron chi connectivity index (χ1n) is 16.6. The summed E-state index contributed by atoms with van der Waals surface area (Å²) >= 11 is 0. The summed E-state index contributed by atoms with van der Waals surface area (Å²) in [5.41, 5.74) is 4.91. The molecule has 0 radical (unpaired) electrons. The van der Waals surface area contributed by atoms with Crippen molar-refractivity contribution in [1.82, 2.24) is 0 Å². The van der Waals surface area contributed by atoms with Gasteiger partial charge in [-0.2, -0.15) is 0 Å². The van der Waals surface area contributed by atoms with Gasteiger partial charge in [-0.15, -0.1) is 0 Å². The summed E-state index contributed by atoms with van der Waals surface area (Å²) in [4.78, 5) is 0. The highest BCUT2D eigenvalue weighted by molar-refractivity contribution is 5.22. The van der Waals surface area contributed by atoms with E-state index in [4.69, 9.17) is 0 Å². The van der Waals surface area contributed by atoms with Gasteiger partial charge in [0.25, 0.3) is 0 Å². The second-order valence-corrected chi connectivity index (χ2v) is 14.2. The van der Waals surface area contributed by atoms with Gasteiger partial charge in [0.1, 0.15) is 0 Å². The molecule has 0 aromatic carbocycles. The summed E-state index contributed by atoms with van der Waals surface area (Å²) < 4.78 is 0. The maximum atomic E-state index is 2.48. The molecule has 40 heavy (non-hydrogen) atoms. The Bertz CT molecular complexity index is 894. The van der Waals surface area contributed by atoms with Crippen molar-refractivity contribution >= 4 is 0 Å². The predicted octanol–water partition coefficient (Wildman–Crippen LogP) is 13.2. The Morgan fingerprint density at radius 1 is 0.875 bits per heavy atom. The Hall–Kier alpha value is -1.82. The van der Waals surface area contributed by atoms with Crippen molar-refractivity contribution in [2.75, 3.05) is 0 Å². The topological polar surface area (TPSA) is 0 Å². The van der Waals surface area contributed by atoms with E-state index in [2.05, 4.69) is 136 Å². The van der Waals surface area contributed by atoms with Crippen LogP contribution in [0.4, 0.5) is 0 Å². The van der Waals surface area contributed by atoms with Crippen LogP contribution in [0.1, 0.15) is 133 Å². The SMILES string of the molecule is CC1=CCCC(C)(C)[C@H]1CCC(C)C/C=C/C(C)C/C=C/C=C(C)/C=C/CC(C)/C=C/C=C(\C)CCCC(C)C. The van der Waals surface area contributed by atoms with Gasteiger partial charge in [0, 0.05) is 0 Å². The summed E-state index contributed by atoms with van der Waals surface area (Å²) in [5, 5.41) is 0. The molecule has 3 unspecified atom stereocenters. The van der Waals surface area contributed by atoms with Gasteiger partial charge in [0.05, 0.1) is 0 Å². The van der Waals surface area contributed by atoms with Gasteiger partial charge in [-0.05, 0) is 114 Å². The fourth-order valence-electron chi connectivity index (χ4n) is 5.81. The molecule has 0 heteroatoms. The molecule has 1 rings (SSSR count). The van der Waals surface area contributed by atoms with Gasteiger partial charge in [-0.25, -0.2) is 0 Å². The molecule has 1 aliphatic rings. The number of hydrogen-bond donors (Lipinski definition) is 0. The van der Waals surface area contributed by atoms with E-state index in [0.717, 1.165) is 30.6 Å². The summed E-state index contributed by atoms with van der Waals surface area (Å²) in [6.07, 6.45) is 38.1. The molecular formula is C40H66. The molecule has 0 saturated carbocycles. The molecule has 4 atom stereocenters. The second kappa shape index (κ2) is 20.1. The maximum Gasteiger partial charge on any atom is -0.0154 e. The number of rotatable bonds is 18. The van der Waals surface area contributed by atoms with Crippen molar-refractivity contribution in [1.29, 1.82) is 0 Å². The van der Waals surface area contributed by atoms with Gasteiger partial charge in [0.2, 0.25) is 0 Å². The lowest BCUT2D eigenvalue weighted by molar-refractivity contribution is 0.194. The summed E-state index contributed by atoms with van der Waals surface area (Å²) in [6, 6.07) is 0. The Labute approximate surface area is 251 Å². The zero-order valence-corrected chi connectivity index (χ0v) is 28.3. The molecule has 1 aliphatic carbocycles. The quantitative estimate of drug-likeness (QED) is 0.118. The van der Waals surface area contributed by atoms with Gasteiger partial charge < -0.3 is 0 Å². The molecule has 0 aliphatic heterocycles. The largest absolute Gasteiger partial charge is 0.0880 e. The van der Waals surface area contributed by atoms with Gasteiger partial charge in [-0.3, -0.25) is 0 Å². The van der Waals surface area contributed by atoms with Crippen molar-refractivity contribution in [3.8, 4) is 0 Å². The van der Waals surface area contributed by atoms with E-state index in [0.29, 0.717) is 17.3 Å². The van der Waals surface area contributed by atoms with Crippen molar-refractivity contribution in [2.45, 2.75) is 133 Å². The van der Waals surface area contributed by atoms with Crippen LogP contribution in [0, 0.1) is 35.0 Å². The van der Waals surface area contributed by atoms with Crippen LogP contribution in [0.2, 0.25) is 0 Å². The lowest BCUT2D eigenvalue weighted by Gasteiger charge is -2.39. The van der Waals surface area contributed by atoms with E-state index in [1.54, 1.807) is 5.57 Å². The summed E-state index contributed by atoms with van der Waals surface area (Å²) in [6.45, 7) is 23.4. The fraction of sp³-hybridized carbons (Fsp3) is 0.650. The van der Waals surface area contributed by atoms with Crippen LogP contribution in [-0.4, -0.2) is 0 Å². The maximum absolute atomic E-state index is 2.48. The van der Waals surface area contributed by atoms with Gasteiger partial charge >= 0.3 is 0 Å². The average Bonchev–Trinajstić information content (AvgIpc) is 2.85. The third-order valence-electron chi connectivity index (χ3n) is 8.76. The standard InChI is InChI=1S/C40H66/c1-32(2)18-13-21-35(5)24-15-26-36(6)25-14-22-33(3)19-11-12-20-34(4)23-16-27-37(7)29-30-39-38(8)28-17-31-40(39,9)10/h11-12,14-16,19,22-24,26,28,32,34,36-37,39H,13,17-18,20-21,25,27,29-31H2,1-10H3/b12-11+,22-14+,23-16+,26-15+,33-19+,35-24+/t34?,36?,37?,39-/m0/s1. The molecule has 0 aromatic rings. The van der Waals surface area contributed by atoms with Crippen LogP contribution < -0.4 is 0 Å². The smallest absolute Gasteiger partial charge is 0.0154 e. The molecular weight excluding hydrogens is 480 g/mol. The number of allylic oxidation sites excluding steroid dienone is 14. The molecule has 0 bridgehead atoms. The normalized spacial score (nSPS) is 21.3. The lowest BCUT2D eigenvalue weighted by Crippen LogP contribution is -2.28. The minimum absolute atomic E-state index is 0.469. The number of hydrogen-bond acceptors (Lipinski definition) is 0. The van der Waals surface area contributed by atoms with E-state index in [-0.39, 0.29) is 0 Å². The Morgan fingerprint density at radius 3 is 2.27 bits per heavy atom. The van der Waals surface area contributed by atoms with E-state index in [1.807, 2.05) is 0 Å². The van der Waals surface area contributed by atoms with E-state index < -0.39 is 0 Å². The zero-order valence-electron chi connectivity index (χ0n) is 28.3. The van der Waals surface area contributed by atoms with Crippen molar-refractivity contribution in [3.63, 3.8) is 0 Å². The molecule has 0 heterocycles. The fourth-order valence-corrected chi connectivity index (χ4v) is 5.81. The summed E-state index contributed by atoms with van der Waals surface area (Å²) in [7, 11) is 0. The highest BCUT2D eigenvalue weighted by Gasteiger charge is 2.32. The highest BCUT2D eigenvalue weighted by atomic mass is 14.4.